The summed E-state index contributed by atoms with van der Waals surface area (Å²) in [6.45, 7) is 0.226. The predicted octanol–water partition coefficient (Wildman–Crippen LogP) is 3.83. The highest BCUT2D eigenvalue weighted by Crippen LogP contribution is 2.34. The Morgan fingerprint density at radius 3 is 2.41 bits per heavy atom. The van der Waals surface area contributed by atoms with Crippen molar-refractivity contribution in [1.82, 2.24) is 19.5 Å². The molecule has 0 unspecified atom stereocenters. The van der Waals surface area contributed by atoms with Gasteiger partial charge >= 0.3 is 12.3 Å². The van der Waals surface area contributed by atoms with Crippen LogP contribution in [0.3, 0.4) is 0 Å². The number of alkyl halides is 3. The summed E-state index contributed by atoms with van der Waals surface area (Å²) >= 11 is 0. The Morgan fingerprint density at radius 2 is 1.78 bits per heavy atom. The van der Waals surface area contributed by atoms with Crippen molar-refractivity contribution in [3.05, 3.63) is 48.0 Å². The monoisotopic (exact) mass is 447 g/mol. The number of carboxylic acid groups (broad SMARTS) is 1. The quantitative estimate of drug-likeness (QED) is 0.633. The Hall–Kier alpha value is -3.63. The molecule has 32 heavy (non-hydrogen) atoms. The van der Waals surface area contributed by atoms with Crippen LogP contribution in [0.25, 0.3) is 16.9 Å². The van der Waals surface area contributed by atoms with E-state index in [4.69, 9.17) is 5.11 Å². The van der Waals surface area contributed by atoms with E-state index in [1.165, 1.54) is 9.42 Å². The van der Waals surface area contributed by atoms with Crippen LogP contribution < -0.4 is 5.32 Å². The largest absolute Gasteiger partial charge is 0.465 e. The van der Waals surface area contributed by atoms with Gasteiger partial charge in [-0.15, -0.1) is 5.10 Å². The highest BCUT2D eigenvalue weighted by atomic mass is 19.4. The number of aromatic nitrogens is 3. The van der Waals surface area contributed by atoms with Crippen LogP contribution in [0.15, 0.2) is 42.5 Å². The molecule has 1 aliphatic rings. The van der Waals surface area contributed by atoms with Gasteiger partial charge in [0.15, 0.2) is 5.65 Å². The highest BCUT2D eigenvalue weighted by Gasteiger charge is 2.41. The van der Waals surface area contributed by atoms with E-state index in [0.29, 0.717) is 11.3 Å². The molecule has 2 aromatic heterocycles. The van der Waals surface area contributed by atoms with Gasteiger partial charge in [0.05, 0.1) is 18.0 Å². The van der Waals surface area contributed by atoms with E-state index >= 15 is 0 Å². The lowest BCUT2D eigenvalue weighted by Gasteiger charge is -2.33. The Labute approximate surface area is 180 Å². The second kappa shape index (κ2) is 8.48. The minimum absolute atomic E-state index is 0.0403. The number of carbonyl (C=O) groups is 2. The fourth-order valence-electron chi connectivity index (χ4n) is 3.81. The molecular weight excluding hydrogens is 427 g/mol. The summed E-state index contributed by atoms with van der Waals surface area (Å²) in [7, 11) is 0. The molecule has 3 aromatic rings. The number of benzene rings is 1. The minimum Gasteiger partial charge on any atom is -0.465 e. The lowest BCUT2D eigenvalue weighted by atomic mass is 9.96. The third-order valence-corrected chi connectivity index (χ3v) is 5.49. The molecule has 1 fully saturated rings. The standard InChI is InChI=1S/C21H20F3N5O3/c22-21(23,24)15-8-10-28(11-9-15)18(30)12-13-4-6-14(7-5-13)16-2-1-3-17-25-19(26-20(31)32)27-29(16)17/h1-7,15H,8-12H2,(H,26,27)(H,31,32). The first-order valence-electron chi connectivity index (χ1n) is 10.0. The topological polar surface area (TPSA) is 99.8 Å². The second-order valence-corrected chi connectivity index (χ2v) is 7.62. The molecule has 1 saturated heterocycles. The van der Waals surface area contributed by atoms with Gasteiger partial charge in [0.25, 0.3) is 5.95 Å². The van der Waals surface area contributed by atoms with E-state index in [2.05, 4.69) is 15.4 Å². The molecule has 2 amide bonds. The minimum atomic E-state index is -4.21. The molecule has 0 aliphatic carbocycles. The van der Waals surface area contributed by atoms with Gasteiger partial charge in [-0.25, -0.2) is 9.31 Å². The number of nitrogens with zero attached hydrogens (tertiary/aromatic N) is 4. The van der Waals surface area contributed by atoms with Crippen molar-refractivity contribution in [3.8, 4) is 11.3 Å². The first-order chi connectivity index (χ1) is 15.2. The predicted molar refractivity (Wildman–Crippen MR) is 109 cm³/mol. The normalized spacial score (nSPS) is 15.2. The average molecular weight is 447 g/mol. The van der Waals surface area contributed by atoms with Gasteiger partial charge in [-0.05, 0) is 30.5 Å². The van der Waals surface area contributed by atoms with Gasteiger partial charge in [0.1, 0.15) is 0 Å². The van der Waals surface area contributed by atoms with E-state index in [1.807, 2.05) is 0 Å². The molecule has 0 bridgehead atoms. The molecule has 0 saturated carbocycles. The summed E-state index contributed by atoms with van der Waals surface area (Å²) in [5.74, 6) is -1.57. The molecule has 1 aromatic carbocycles. The third-order valence-electron chi connectivity index (χ3n) is 5.49. The Bertz CT molecular complexity index is 1140. The number of nitrogens with one attached hydrogen (secondary N) is 1. The number of anilines is 1. The Morgan fingerprint density at radius 1 is 1.09 bits per heavy atom. The number of rotatable bonds is 4. The molecule has 4 rings (SSSR count). The number of piperidine rings is 1. The van der Waals surface area contributed by atoms with E-state index in [1.54, 1.807) is 42.5 Å². The molecular formula is C21H20F3N5O3. The van der Waals surface area contributed by atoms with Crippen molar-refractivity contribution in [2.45, 2.75) is 25.4 Å². The second-order valence-electron chi connectivity index (χ2n) is 7.62. The van der Waals surface area contributed by atoms with Gasteiger partial charge < -0.3 is 10.0 Å². The maximum Gasteiger partial charge on any atom is 0.411 e. The number of fused-ring (bicyclic) bond motifs is 1. The molecule has 2 N–H and O–H groups in total. The van der Waals surface area contributed by atoms with Crippen LogP contribution in [0.4, 0.5) is 23.9 Å². The maximum atomic E-state index is 12.8. The fourth-order valence-corrected chi connectivity index (χ4v) is 3.81. The van der Waals surface area contributed by atoms with Gasteiger partial charge in [-0.3, -0.25) is 10.1 Å². The van der Waals surface area contributed by atoms with Crippen molar-refractivity contribution in [3.63, 3.8) is 0 Å². The molecule has 1 aliphatic heterocycles. The molecule has 0 radical (unpaired) electrons. The number of hydrogen-bond acceptors (Lipinski definition) is 4. The number of halogens is 3. The summed E-state index contributed by atoms with van der Waals surface area (Å²) in [6.07, 6.45) is -5.48. The van der Waals surface area contributed by atoms with Crippen LogP contribution >= 0.6 is 0 Å². The van der Waals surface area contributed by atoms with Crippen LogP contribution in [-0.2, 0) is 11.2 Å². The summed E-state index contributed by atoms with van der Waals surface area (Å²) in [5.41, 5.74) is 2.67. The molecule has 0 spiro atoms. The molecule has 0 atom stereocenters. The van der Waals surface area contributed by atoms with Gasteiger partial charge in [0, 0.05) is 18.7 Å². The summed E-state index contributed by atoms with van der Waals surface area (Å²) in [6, 6.07) is 12.4. The van der Waals surface area contributed by atoms with E-state index < -0.39 is 18.2 Å². The van der Waals surface area contributed by atoms with Crippen LogP contribution in [0.1, 0.15) is 18.4 Å². The molecule has 8 nitrogen and oxygen atoms in total. The lowest BCUT2D eigenvalue weighted by molar-refractivity contribution is -0.186. The zero-order valence-corrected chi connectivity index (χ0v) is 16.8. The number of pyridine rings is 1. The zero-order valence-electron chi connectivity index (χ0n) is 16.8. The Balaban J connectivity index is 1.44. The van der Waals surface area contributed by atoms with Gasteiger partial charge in [0.2, 0.25) is 5.91 Å². The van der Waals surface area contributed by atoms with Crippen molar-refractivity contribution in [2.24, 2.45) is 5.92 Å². The first kappa shape index (κ1) is 21.6. The SMILES string of the molecule is O=C(O)Nc1nc2cccc(-c3ccc(CC(=O)N4CCC(C(F)(F)F)CC4)cc3)n2n1. The van der Waals surface area contributed by atoms with E-state index in [9.17, 15) is 22.8 Å². The fraction of sp³-hybridized carbons (Fsp3) is 0.333. The van der Waals surface area contributed by atoms with Crippen LogP contribution in [0, 0.1) is 5.92 Å². The van der Waals surface area contributed by atoms with E-state index in [-0.39, 0.29) is 44.2 Å². The van der Waals surface area contributed by atoms with Gasteiger partial charge in [-0.2, -0.15) is 18.2 Å². The summed E-state index contributed by atoms with van der Waals surface area (Å²) in [4.78, 5) is 28.9. The van der Waals surface area contributed by atoms with Crippen molar-refractivity contribution in [2.75, 3.05) is 18.4 Å². The van der Waals surface area contributed by atoms with Crippen LogP contribution in [0.2, 0.25) is 0 Å². The number of likely N-dealkylation sites (tertiary alicyclic amines) is 1. The summed E-state index contributed by atoms with van der Waals surface area (Å²) in [5, 5.41) is 15.1. The Kier molecular flexibility index (Phi) is 5.72. The number of hydrogen-bond donors (Lipinski definition) is 2. The highest BCUT2D eigenvalue weighted by molar-refractivity contribution is 5.81. The van der Waals surface area contributed by atoms with Crippen LogP contribution in [-0.4, -0.2) is 55.9 Å². The molecule has 11 heteroatoms. The van der Waals surface area contributed by atoms with Gasteiger partial charge in [-0.1, -0.05) is 30.3 Å². The van der Waals surface area contributed by atoms with Crippen LogP contribution in [0.5, 0.6) is 0 Å². The smallest absolute Gasteiger partial charge is 0.411 e. The first-order valence-corrected chi connectivity index (χ1v) is 10.0. The zero-order chi connectivity index (χ0) is 22.9. The number of carbonyl (C=O) groups excluding carboxylic acids is 1. The van der Waals surface area contributed by atoms with Crippen molar-refractivity contribution < 1.29 is 27.9 Å². The maximum absolute atomic E-state index is 12.8. The third kappa shape index (κ3) is 4.66. The number of amides is 2. The van der Waals surface area contributed by atoms with Crippen molar-refractivity contribution >= 4 is 23.6 Å². The van der Waals surface area contributed by atoms with E-state index in [0.717, 1.165) is 11.1 Å². The average Bonchev–Trinajstić information content (AvgIpc) is 3.15. The van der Waals surface area contributed by atoms with Crippen molar-refractivity contribution in [1.29, 1.82) is 0 Å². The lowest BCUT2D eigenvalue weighted by Crippen LogP contribution is -2.42. The molecule has 168 valence electrons. The molecule has 3 heterocycles. The summed E-state index contributed by atoms with van der Waals surface area (Å²) < 4.78 is 39.9.